The molecule has 0 radical (unpaired) electrons. The van der Waals surface area contributed by atoms with Gasteiger partial charge in [0.15, 0.2) is 0 Å². The van der Waals surface area contributed by atoms with Crippen LogP contribution < -0.4 is 10.3 Å². The van der Waals surface area contributed by atoms with Crippen LogP contribution in [0.25, 0.3) is 0 Å². The first-order valence-electron chi connectivity index (χ1n) is 5.44. The third kappa shape index (κ3) is 1.45. The second-order valence-electron chi connectivity index (χ2n) is 3.88. The number of carbonyl (C=O) groups is 1. The smallest absolute Gasteiger partial charge is 0.257 e. The maximum absolute atomic E-state index is 12.0. The van der Waals surface area contributed by atoms with Gasteiger partial charge in [-0.05, 0) is 24.3 Å². The normalized spacial score (nSPS) is 13.1. The highest BCUT2D eigenvalue weighted by Gasteiger charge is 2.25. The quantitative estimate of drug-likeness (QED) is 0.778. The van der Waals surface area contributed by atoms with Crippen molar-refractivity contribution in [3.05, 3.63) is 59.0 Å². The topological polar surface area (TPSA) is 61.8 Å². The van der Waals surface area contributed by atoms with Gasteiger partial charge in [0.25, 0.3) is 5.91 Å². The maximum Gasteiger partial charge on any atom is 0.257 e. The Kier molecular flexibility index (Phi) is 2.30. The number of nitrogens with one attached hydrogen (secondary N) is 1. The van der Waals surface area contributed by atoms with E-state index in [0.717, 1.165) is 0 Å². The van der Waals surface area contributed by atoms with E-state index in [0.29, 0.717) is 22.6 Å². The van der Waals surface area contributed by atoms with Crippen LogP contribution >= 0.6 is 0 Å². The Hall–Kier alpha value is -2.69. The van der Waals surface area contributed by atoms with Gasteiger partial charge in [0.05, 0.1) is 27.9 Å². The van der Waals surface area contributed by atoms with Crippen molar-refractivity contribution in [3.63, 3.8) is 0 Å². The molecule has 0 saturated carbocycles. The minimum absolute atomic E-state index is 0.246. The number of rotatable bonds is 1. The highest BCUT2D eigenvalue weighted by molar-refractivity contribution is 6.12. The Labute approximate surface area is 103 Å². The first-order chi connectivity index (χ1) is 8.81. The number of benzene rings is 2. The molecule has 0 aliphatic carbocycles. The summed E-state index contributed by atoms with van der Waals surface area (Å²) in [6, 6.07) is 13.9. The van der Waals surface area contributed by atoms with Crippen LogP contribution in [-0.4, -0.2) is 5.91 Å². The Morgan fingerprint density at radius 1 is 0.944 bits per heavy atom. The summed E-state index contributed by atoms with van der Waals surface area (Å²) in [4.78, 5) is 23.1. The lowest BCUT2D eigenvalue weighted by molar-refractivity contribution is 0.102. The summed E-state index contributed by atoms with van der Waals surface area (Å²) in [6.07, 6.45) is 0. The van der Waals surface area contributed by atoms with Gasteiger partial charge in [-0.3, -0.25) is 4.79 Å². The number of fused-ring (bicyclic) bond motifs is 2. The van der Waals surface area contributed by atoms with Crippen LogP contribution in [0.5, 0.6) is 0 Å². The summed E-state index contributed by atoms with van der Waals surface area (Å²) in [7, 11) is 0. The molecule has 1 aliphatic rings. The number of nitrogens with zero attached hydrogens (tertiary/aromatic N) is 2. The third-order valence-corrected chi connectivity index (χ3v) is 2.84. The molecule has 88 valence electrons. The molecule has 1 N–H and O–H groups in total. The van der Waals surface area contributed by atoms with Gasteiger partial charge in [0.2, 0.25) is 0 Å². The van der Waals surface area contributed by atoms with E-state index in [2.05, 4.69) is 10.6 Å². The molecular formula is C13H9N3O2. The molecule has 0 spiro atoms. The molecule has 18 heavy (non-hydrogen) atoms. The number of nitroso groups, excluding NO2 is 1. The second-order valence-corrected chi connectivity index (χ2v) is 3.88. The standard InChI is InChI=1S/C13H9N3O2/c17-13-9-5-1-3-7-11(9)16(15-18)12-8-4-2-6-10(12)14-13/h1-8H,(H,14,17). The number of hydrogen-bond acceptors (Lipinski definition) is 3. The van der Waals surface area contributed by atoms with Crippen LogP contribution in [0.2, 0.25) is 0 Å². The average molecular weight is 239 g/mol. The van der Waals surface area contributed by atoms with Gasteiger partial charge in [0, 0.05) is 0 Å². The van der Waals surface area contributed by atoms with Gasteiger partial charge in [-0.15, -0.1) is 4.91 Å². The predicted octanol–water partition coefficient (Wildman–Crippen LogP) is 3.07. The fourth-order valence-electron chi connectivity index (χ4n) is 2.02. The van der Waals surface area contributed by atoms with Crippen molar-refractivity contribution < 1.29 is 4.79 Å². The minimum atomic E-state index is -0.246. The van der Waals surface area contributed by atoms with Crippen molar-refractivity contribution in [2.75, 3.05) is 10.3 Å². The first-order valence-corrected chi connectivity index (χ1v) is 5.44. The number of amides is 1. The lowest BCUT2D eigenvalue weighted by Gasteiger charge is -2.15. The van der Waals surface area contributed by atoms with Crippen molar-refractivity contribution in [2.45, 2.75) is 0 Å². The molecule has 1 heterocycles. The minimum Gasteiger partial charge on any atom is -0.320 e. The zero-order chi connectivity index (χ0) is 12.5. The van der Waals surface area contributed by atoms with Crippen LogP contribution in [0, 0.1) is 4.91 Å². The van der Waals surface area contributed by atoms with Gasteiger partial charge in [0.1, 0.15) is 0 Å². The van der Waals surface area contributed by atoms with Crippen LogP contribution in [0.1, 0.15) is 10.4 Å². The summed E-state index contributed by atoms with van der Waals surface area (Å²) in [5, 5.41) is 7.00. The molecule has 5 nitrogen and oxygen atoms in total. The molecule has 5 heteroatoms. The van der Waals surface area contributed by atoms with E-state index in [9.17, 15) is 9.70 Å². The Balaban J connectivity index is 2.30. The fraction of sp³-hybridized carbons (Fsp3) is 0. The van der Waals surface area contributed by atoms with E-state index in [4.69, 9.17) is 0 Å². The van der Waals surface area contributed by atoms with Gasteiger partial charge < -0.3 is 5.32 Å². The van der Waals surface area contributed by atoms with Crippen molar-refractivity contribution in [2.24, 2.45) is 5.29 Å². The summed E-state index contributed by atoms with van der Waals surface area (Å²) in [5.74, 6) is -0.246. The summed E-state index contributed by atoms with van der Waals surface area (Å²) < 4.78 is 0. The van der Waals surface area contributed by atoms with Crippen molar-refractivity contribution in [1.29, 1.82) is 0 Å². The Morgan fingerprint density at radius 2 is 1.61 bits per heavy atom. The molecule has 0 unspecified atom stereocenters. The molecule has 3 rings (SSSR count). The van der Waals surface area contributed by atoms with E-state index in [1.165, 1.54) is 5.01 Å². The molecule has 0 saturated heterocycles. The molecule has 1 amide bonds. The van der Waals surface area contributed by atoms with Crippen LogP contribution in [0.4, 0.5) is 17.1 Å². The second kappa shape index (κ2) is 3.96. The molecule has 2 aromatic carbocycles. The highest BCUT2D eigenvalue weighted by atomic mass is 16.3. The van der Waals surface area contributed by atoms with E-state index in [-0.39, 0.29) is 5.91 Å². The Bertz CT molecular complexity index is 640. The molecule has 0 aromatic heterocycles. The SMILES string of the molecule is O=NN1c2ccccc2NC(=O)c2ccccc21. The van der Waals surface area contributed by atoms with E-state index in [1.54, 1.807) is 48.5 Å². The third-order valence-electron chi connectivity index (χ3n) is 2.84. The lowest BCUT2D eigenvalue weighted by atomic mass is 10.1. The lowest BCUT2D eigenvalue weighted by Crippen LogP contribution is -2.11. The summed E-state index contributed by atoms with van der Waals surface area (Å²) in [6.45, 7) is 0. The van der Waals surface area contributed by atoms with E-state index in [1.807, 2.05) is 0 Å². The van der Waals surface area contributed by atoms with Gasteiger partial charge in [-0.1, -0.05) is 24.3 Å². The fourth-order valence-corrected chi connectivity index (χ4v) is 2.02. The average Bonchev–Trinajstić information content (AvgIpc) is 2.53. The molecule has 0 atom stereocenters. The zero-order valence-corrected chi connectivity index (χ0v) is 9.33. The molecule has 0 fully saturated rings. The van der Waals surface area contributed by atoms with E-state index >= 15 is 0 Å². The van der Waals surface area contributed by atoms with Gasteiger partial charge in [-0.2, -0.15) is 5.01 Å². The molecule has 0 bridgehead atoms. The number of hydrogen-bond donors (Lipinski definition) is 1. The predicted molar refractivity (Wildman–Crippen MR) is 68.8 cm³/mol. The van der Waals surface area contributed by atoms with Gasteiger partial charge >= 0.3 is 0 Å². The molecular weight excluding hydrogens is 230 g/mol. The van der Waals surface area contributed by atoms with Crippen LogP contribution in [-0.2, 0) is 0 Å². The summed E-state index contributed by atoms with van der Waals surface area (Å²) in [5.41, 5.74) is 2.03. The molecule has 2 aromatic rings. The number of para-hydroxylation sites is 3. The van der Waals surface area contributed by atoms with Gasteiger partial charge in [-0.25, -0.2) is 0 Å². The van der Waals surface area contributed by atoms with Crippen molar-refractivity contribution >= 4 is 23.0 Å². The Morgan fingerprint density at radius 3 is 2.39 bits per heavy atom. The number of anilines is 3. The van der Waals surface area contributed by atoms with E-state index < -0.39 is 0 Å². The monoisotopic (exact) mass is 239 g/mol. The zero-order valence-electron chi connectivity index (χ0n) is 9.33. The highest BCUT2D eigenvalue weighted by Crippen LogP contribution is 2.37. The van der Waals surface area contributed by atoms with Crippen LogP contribution in [0.15, 0.2) is 53.8 Å². The maximum atomic E-state index is 12.0. The summed E-state index contributed by atoms with van der Waals surface area (Å²) >= 11 is 0. The van der Waals surface area contributed by atoms with Crippen LogP contribution in [0.3, 0.4) is 0 Å². The molecule has 1 aliphatic heterocycles. The number of carbonyl (C=O) groups excluding carboxylic acids is 1. The van der Waals surface area contributed by atoms with Crippen molar-refractivity contribution in [3.8, 4) is 0 Å². The van der Waals surface area contributed by atoms with Crippen molar-refractivity contribution in [1.82, 2.24) is 0 Å². The largest absolute Gasteiger partial charge is 0.320 e. The first kappa shape index (κ1) is 10.5.